The fourth-order valence-corrected chi connectivity index (χ4v) is 3.58. The third kappa shape index (κ3) is 9.07. The van der Waals surface area contributed by atoms with Crippen molar-refractivity contribution >= 4 is 29.9 Å². The highest BCUT2D eigenvalue weighted by Gasteiger charge is 2.22. The molecule has 1 saturated carbocycles. The van der Waals surface area contributed by atoms with Crippen molar-refractivity contribution in [3.05, 3.63) is 23.9 Å². The van der Waals surface area contributed by atoms with Crippen LogP contribution in [-0.4, -0.2) is 54.7 Å². The van der Waals surface area contributed by atoms with Crippen LogP contribution in [0.2, 0.25) is 0 Å². The van der Waals surface area contributed by atoms with E-state index in [1.165, 1.54) is 45.3 Å². The molecule has 0 radical (unpaired) electrons. The smallest absolute Gasteiger partial charge is 0.213 e. The summed E-state index contributed by atoms with van der Waals surface area (Å²) in [6, 6.07) is 4.53. The molecule has 0 aromatic carbocycles. The molecule has 7 heteroatoms. The summed E-state index contributed by atoms with van der Waals surface area (Å²) in [5.41, 5.74) is 1.13. The van der Waals surface area contributed by atoms with Gasteiger partial charge in [-0.25, -0.2) is 9.98 Å². The van der Waals surface area contributed by atoms with Crippen LogP contribution in [0.3, 0.4) is 0 Å². The van der Waals surface area contributed by atoms with Crippen LogP contribution in [0.5, 0.6) is 5.88 Å². The number of likely N-dealkylation sites (tertiary alicyclic amines) is 1. The van der Waals surface area contributed by atoms with Crippen molar-refractivity contribution in [3.8, 4) is 5.88 Å². The number of guanidine groups is 1. The van der Waals surface area contributed by atoms with Gasteiger partial charge in [0.25, 0.3) is 0 Å². The predicted octanol–water partition coefficient (Wildman–Crippen LogP) is 3.66. The number of aromatic nitrogens is 1. The first-order valence-corrected chi connectivity index (χ1v) is 11.0. The number of hydrogen-bond acceptors (Lipinski definition) is 4. The Morgan fingerprint density at radius 1 is 1.28 bits per heavy atom. The van der Waals surface area contributed by atoms with Crippen molar-refractivity contribution in [1.29, 1.82) is 0 Å². The van der Waals surface area contributed by atoms with Crippen LogP contribution in [0.4, 0.5) is 0 Å². The first kappa shape index (κ1) is 24.2. The second-order valence-electron chi connectivity index (χ2n) is 8.56. The monoisotopic (exact) mass is 515 g/mol. The maximum Gasteiger partial charge on any atom is 0.213 e. The molecule has 29 heavy (non-hydrogen) atoms. The third-order valence-corrected chi connectivity index (χ3v) is 5.28. The second-order valence-corrected chi connectivity index (χ2v) is 8.56. The Bertz CT molecular complexity index is 627. The summed E-state index contributed by atoms with van der Waals surface area (Å²) >= 11 is 0. The first-order chi connectivity index (χ1) is 13.6. The van der Waals surface area contributed by atoms with E-state index in [-0.39, 0.29) is 24.0 Å². The van der Waals surface area contributed by atoms with E-state index >= 15 is 0 Å². The Hall–Kier alpha value is -1.09. The lowest BCUT2D eigenvalue weighted by Gasteiger charge is -2.34. The van der Waals surface area contributed by atoms with Crippen LogP contribution >= 0.6 is 24.0 Å². The highest BCUT2D eigenvalue weighted by molar-refractivity contribution is 14.0. The van der Waals surface area contributed by atoms with Gasteiger partial charge >= 0.3 is 0 Å². The van der Waals surface area contributed by atoms with Gasteiger partial charge in [-0.05, 0) is 56.1 Å². The van der Waals surface area contributed by atoms with Gasteiger partial charge in [0.1, 0.15) is 0 Å². The number of nitrogens with one attached hydrogen (secondary N) is 2. The lowest BCUT2D eigenvalue weighted by atomic mass is 10.0. The summed E-state index contributed by atoms with van der Waals surface area (Å²) in [5.74, 6) is 3.10. The van der Waals surface area contributed by atoms with Crippen molar-refractivity contribution in [2.24, 2.45) is 16.8 Å². The molecule has 0 atom stereocenters. The lowest BCUT2D eigenvalue weighted by Crippen LogP contribution is -2.49. The predicted molar refractivity (Wildman–Crippen MR) is 130 cm³/mol. The van der Waals surface area contributed by atoms with Crippen LogP contribution in [-0.2, 0) is 6.54 Å². The van der Waals surface area contributed by atoms with Gasteiger partial charge in [0, 0.05) is 44.5 Å². The minimum atomic E-state index is 0. The molecule has 1 saturated heterocycles. The van der Waals surface area contributed by atoms with Crippen LogP contribution in [0.15, 0.2) is 23.3 Å². The number of halogens is 1. The van der Waals surface area contributed by atoms with Crippen molar-refractivity contribution < 1.29 is 4.74 Å². The molecule has 164 valence electrons. The van der Waals surface area contributed by atoms with Crippen molar-refractivity contribution in [2.45, 2.75) is 59.0 Å². The van der Waals surface area contributed by atoms with Gasteiger partial charge in [-0.1, -0.05) is 13.8 Å². The Morgan fingerprint density at radius 3 is 2.69 bits per heavy atom. The molecule has 2 aliphatic rings. The van der Waals surface area contributed by atoms with E-state index in [2.05, 4.69) is 41.3 Å². The molecule has 1 aliphatic heterocycles. The van der Waals surface area contributed by atoms with Crippen LogP contribution in [0, 0.1) is 11.8 Å². The summed E-state index contributed by atoms with van der Waals surface area (Å²) in [7, 11) is 0. The molecule has 1 aromatic rings. The SMILES string of the molecule is CCNC(=NCc1ccnc(OCC2CC2)c1)NC1CCN(CC(C)C)CC1.I. The summed E-state index contributed by atoms with van der Waals surface area (Å²) in [5, 5.41) is 7.01. The number of aliphatic imine (C=N–C) groups is 1. The standard InChI is InChI=1S/C22H37N5O.HI/c1-4-23-22(26-20-8-11-27(12-9-20)15-17(2)3)25-14-19-7-10-24-21(13-19)28-16-18-5-6-18;/h7,10,13,17-18,20H,4-6,8-9,11-12,14-16H2,1-3H3,(H2,23,25,26);1H. The maximum absolute atomic E-state index is 5.79. The molecular formula is C22H38IN5O. The van der Waals surface area contributed by atoms with E-state index in [9.17, 15) is 0 Å². The minimum absolute atomic E-state index is 0. The Kier molecular flexibility index (Phi) is 10.5. The Balaban J connectivity index is 0.00000300. The largest absolute Gasteiger partial charge is 0.477 e. The number of nitrogens with zero attached hydrogens (tertiary/aromatic N) is 3. The average Bonchev–Trinajstić information content (AvgIpc) is 3.51. The van der Waals surface area contributed by atoms with Gasteiger partial charge in [-0.15, -0.1) is 24.0 Å². The molecule has 0 unspecified atom stereocenters. The van der Waals surface area contributed by atoms with E-state index < -0.39 is 0 Å². The second kappa shape index (κ2) is 12.6. The minimum Gasteiger partial charge on any atom is -0.477 e. The molecule has 0 amide bonds. The molecule has 2 fully saturated rings. The quantitative estimate of drug-likeness (QED) is 0.299. The molecule has 2 N–H and O–H groups in total. The van der Waals surface area contributed by atoms with Crippen LogP contribution < -0.4 is 15.4 Å². The normalized spacial score (nSPS) is 18.4. The molecule has 1 aromatic heterocycles. The topological polar surface area (TPSA) is 61.8 Å². The average molecular weight is 515 g/mol. The zero-order chi connectivity index (χ0) is 19.8. The van der Waals surface area contributed by atoms with Crippen molar-refractivity contribution in [2.75, 3.05) is 32.8 Å². The van der Waals surface area contributed by atoms with Gasteiger partial charge in [-0.3, -0.25) is 0 Å². The maximum atomic E-state index is 5.79. The molecule has 1 aliphatic carbocycles. The first-order valence-electron chi connectivity index (χ1n) is 11.0. The van der Waals surface area contributed by atoms with Crippen molar-refractivity contribution in [3.63, 3.8) is 0 Å². The van der Waals surface area contributed by atoms with Gasteiger partial charge in [0.05, 0.1) is 13.2 Å². The third-order valence-electron chi connectivity index (χ3n) is 5.28. The van der Waals surface area contributed by atoms with Crippen LogP contribution in [0.25, 0.3) is 0 Å². The van der Waals surface area contributed by atoms with E-state index in [1.807, 2.05) is 18.3 Å². The molecule has 6 nitrogen and oxygen atoms in total. The molecule has 3 rings (SSSR count). The fourth-order valence-electron chi connectivity index (χ4n) is 3.58. The number of hydrogen-bond donors (Lipinski definition) is 2. The zero-order valence-corrected chi connectivity index (χ0v) is 20.5. The lowest BCUT2D eigenvalue weighted by molar-refractivity contribution is 0.187. The van der Waals surface area contributed by atoms with Crippen LogP contribution in [0.1, 0.15) is 52.0 Å². The molecule has 0 spiro atoms. The summed E-state index contributed by atoms with van der Waals surface area (Å²) in [6.45, 7) is 12.5. The van der Waals surface area contributed by atoms with Gasteiger partial charge in [0.15, 0.2) is 5.96 Å². The number of pyridine rings is 1. The zero-order valence-electron chi connectivity index (χ0n) is 18.2. The van der Waals surface area contributed by atoms with Gasteiger partial charge in [0.2, 0.25) is 5.88 Å². The number of ether oxygens (including phenoxy) is 1. The summed E-state index contributed by atoms with van der Waals surface area (Å²) < 4.78 is 5.79. The van der Waals surface area contributed by atoms with E-state index in [0.717, 1.165) is 42.4 Å². The molecule has 2 heterocycles. The Morgan fingerprint density at radius 2 is 2.03 bits per heavy atom. The number of rotatable bonds is 9. The fraction of sp³-hybridized carbons (Fsp3) is 0.727. The highest BCUT2D eigenvalue weighted by Crippen LogP contribution is 2.29. The molecule has 0 bridgehead atoms. The van der Waals surface area contributed by atoms with E-state index in [1.54, 1.807) is 0 Å². The van der Waals surface area contributed by atoms with Crippen molar-refractivity contribution in [1.82, 2.24) is 20.5 Å². The number of piperidine rings is 1. The van der Waals surface area contributed by atoms with E-state index in [4.69, 9.17) is 9.73 Å². The van der Waals surface area contributed by atoms with Gasteiger partial charge in [-0.2, -0.15) is 0 Å². The summed E-state index contributed by atoms with van der Waals surface area (Å²) in [6.07, 6.45) is 6.74. The summed E-state index contributed by atoms with van der Waals surface area (Å²) in [4.78, 5) is 11.7. The highest BCUT2D eigenvalue weighted by atomic mass is 127. The molecular weight excluding hydrogens is 477 g/mol. The van der Waals surface area contributed by atoms with Gasteiger partial charge < -0.3 is 20.3 Å². The van der Waals surface area contributed by atoms with E-state index in [0.29, 0.717) is 12.6 Å². The Labute approximate surface area is 193 Å².